The number of aromatic nitrogens is 4. The van der Waals surface area contributed by atoms with Gasteiger partial charge in [-0.3, -0.25) is 14.6 Å². The van der Waals surface area contributed by atoms with E-state index in [1.807, 2.05) is 0 Å². The highest BCUT2D eigenvalue weighted by molar-refractivity contribution is 7.92. The van der Waals surface area contributed by atoms with Crippen LogP contribution in [0.3, 0.4) is 0 Å². The Morgan fingerprint density at radius 2 is 1.69 bits per heavy atom. The number of nitrogens with zero attached hydrogens (tertiary/aromatic N) is 5. The molecule has 0 unspecified atom stereocenters. The minimum Gasteiger partial charge on any atom is -0.293 e. The van der Waals surface area contributed by atoms with Crippen LogP contribution < -0.4 is 10.3 Å². The molecule has 0 bridgehead atoms. The zero-order valence-electron chi connectivity index (χ0n) is 18.1. The van der Waals surface area contributed by atoms with Crippen LogP contribution in [0.25, 0.3) is 5.70 Å². The summed E-state index contributed by atoms with van der Waals surface area (Å²) < 4.78 is 28.7. The number of anilines is 1. The van der Waals surface area contributed by atoms with Gasteiger partial charge in [0.2, 0.25) is 0 Å². The molecule has 0 atom stereocenters. The van der Waals surface area contributed by atoms with Gasteiger partial charge < -0.3 is 0 Å². The molecule has 2 aromatic carbocycles. The van der Waals surface area contributed by atoms with E-state index in [1.54, 1.807) is 31.2 Å². The van der Waals surface area contributed by atoms with E-state index in [9.17, 15) is 13.2 Å². The predicted octanol–water partition coefficient (Wildman–Crippen LogP) is 5.32. The van der Waals surface area contributed by atoms with E-state index in [1.165, 1.54) is 41.1 Å². The minimum atomic E-state index is -3.90. The highest BCUT2D eigenvalue weighted by atomic mass is 35.5. The molecule has 0 saturated carbocycles. The molecule has 4 aromatic rings. The molecular weight excluding hydrogens is 513 g/mol. The lowest BCUT2D eigenvalue weighted by Crippen LogP contribution is -2.15. The number of aromatic amines is 1. The molecule has 13 heteroatoms. The molecule has 0 aliphatic heterocycles. The van der Waals surface area contributed by atoms with Gasteiger partial charge in [0.25, 0.3) is 15.6 Å². The molecule has 0 radical (unpaired) electrons. The second-order valence-electron chi connectivity index (χ2n) is 7.22. The second-order valence-corrected chi connectivity index (χ2v) is 9.73. The molecule has 10 nitrogen and oxygen atoms in total. The summed E-state index contributed by atoms with van der Waals surface area (Å²) in [5.74, 6) is 0.0255. The normalized spacial score (nSPS) is 11.6. The average Bonchev–Trinajstić information content (AvgIpc) is 3.12. The van der Waals surface area contributed by atoms with Gasteiger partial charge in [-0.2, -0.15) is 5.11 Å². The summed E-state index contributed by atoms with van der Waals surface area (Å²) in [5.41, 5.74) is 1.62. The molecule has 0 saturated heterocycles. The van der Waals surface area contributed by atoms with E-state index in [-0.39, 0.29) is 21.6 Å². The van der Waals surface area contributed by atoms with Crippen molar-refractivity contribution >= 4 is 56.1 Å². The number of nitrogens with one attached hydrogen (secondary N) is 2. The van der Waals surface area contributed by atoms with Gasteiger partial charge in [-0.25, -0.2) is 13.1 Å². The number of aryl methyl sites for hydroxylation is 1. The van der Waals surface area contributed by atoms with Crippen molar-refractivity contribution < 1.29 is 8.42 Å². The maximum absolute atomic E-state index is 12.9. The molecule has 2 N–H and O–H groups in total. The van der Waals surface area contributed by atoms with Crippen LogP contribution in [0, 0.1) is 6.92 Å². The van der Waals surface area contributed by atoms with E-state index in [2.05, 4.69) is 36.8 Å². The molecule has 0 aliphatic rings. The maximum Gasteiger partial charge on any atom is 0.299 e. The molecule has 0 fully saturated rings. The fourth-order valence-corrected chi connectivity index (χ4v) is 4.21. The lowest BCUT2D eigenvalue weighted by atomic mass is 10.2. The summed E-state index contributed by atoms with van der Waals surface area (Å²) in [6, 6.07) is 15.3. The molecular formula is C22H17Cl2N7O3S. The Hall–Kier alpha value is -3.80. The zero-order chi connectivity index (χ0) is 25.2. The van der Waals surface area contributed by atoms with E-state index < -0.39 is 15.6 Å². The first-order valence-corrected chi connectivity index (χ1v) is 12.2. The first kappa shape index (κ1) is 24.3. The molecule has 178 valence electrons. The molecule has 4 rings (SSSR count). The molecule has 2 aromatic heterocycles. The van der Waals surface area contributed by atoms with Crippen molar-refractivity contribution in [2.45, 2.75) is 11.8 Å². The van der Waals surface area contributed by atoms with Gasteiger partial charge >= 0.3 is 0 Å². The Morgan fingerprint density at radius 3 is 2.31 bits per heavy atom. The van der Waals surface area contributed by atoms with E-state index in [0.29, 0.717) is 27.7 Å². The average molecular weight is 530 g/mol. The Kier molecular flexibility index (Phi) is 6.83. The Labute approximate surface area is 210 Å². The summed E-state index contributed by atoms with van der Waals surface area (Å²) in [6.07, 6.45) is 0. The Balaban J connectivity index is 1.52. The highest BCUT2D eigenvalue weighted by Crippen LogP contribution is 2.23. The summed E-state index contributed by atoms with van der Waals surface area (Å²) in [7, 11) is -3.90. The Bertz CT molecular complexity index is 1580. The van der Waals surface area contributed by atoms with Crippen LogP contribution in [0.4, 0.5) is 17.2 Å². The molecule has 0 spiro atoms. The van der Waals surface area contributed by atoms with E-state index in [0.717, 1.165) is 0 Å². The van der Waals surface area contributed by atoms with Gasteiger partial charge in [0.1, 0.15) is 0 Å². The number of azo groups is 1. The van der Waals surface area contributed by atoms with Crippen LogP contribution in [0.1, 0.15) is 11.3 Å². The monoisotopic (exact) mass is 529 g/mol. The smallest absolute Gasteiger partial charge is 0.293 e. The topological polar surface area (TPSA) is 134 Å². The maximum atomic E-state index is 12.9. The standard InChI is InChI=1S/C22H17Cl2N7O3S/c1-13-21(22(32)31(29-13)14(2)15-3-5-16(23)6-4-15)28-25-17-7-9-18(10-8-17)35(33,34)30-20-12-11-19(24)26-27-20/h3-12,29H,2H2,1H3,(H,27,30). The van der Waals surface area contributed by atoms with Crippen LogP contribution in [-0.2, 0) is 10.0 Å². The summed E-state index contributed by atoms with van der Waals surface area (Å²) in [4.78, 5) is 12.8. The molecule has 35 heavy (non-hydrogen) atoms. The van der Waals surface area contributed by atoms with Crippen molar-refractivity contribution in [1.29, 1.82) is 0 Å². The van der Waals surface area contributed by atoms with Gasteiger partial charge in [-0.15, -0.1) is 15.3 Å². The van der Waals surface area contributed by atoms with Gasteiger partial charge in [0.05, 0.1) is 22.0 Å². The third-order valence-corrected chi connectivity index (χ3v) is 6.60. The third kappa shape index (κ3) is 5.48. The second kappa shape index (κ2) is 9.82. The minimum absolute atomic E-state index is 0.0207. The predicted molar refractivity (Wildman–Crippen MR) is 134 cm³/mol. The third-order valence-electron chi connectivity index (χ3n) is 4.77. The number of benzene rings is 2. The van der Waals surface area contributed by atoms with Crippen LogP contribution >= 0.6 is 23.2 Å². The number of H-pyrrole nitrogens is 1. The fraction of sp³-hybridized carbons (Fsp3) is 0.0455. The lowest BCUT2D eigenvalue weighted by Gasteiger charge is -2.06. The lowest BCUT2D eigenvalue weighted by molar-refractivity contribution is 0.601. The van der Waals surface area contributed by atoms with Crippen LogP contribution in [-0.4, -0.2) is 28.4 Å². The summed E-state index contributed by atoms with van der Waals surface area (Å²) in [6.45, 7) is 5.65. The van der Waals surface area contributed by atoms with E-state index >= 15 is 0 Å². The van der Waals surface area contributed by atoms with Crippen molar-refractivity contribution in [3.05, 3.63) is 99.0 Å². The van der Waals surface area contributed by atoms with Crippen molar-refractivity contribution in [2.24, 2.45) is 10.2 Å². The van der Waals surface area contributed by atoms with Crippen molar-refractivity contribution in [3.8, 4) is 0 Å². The van der Waals surface area contributed by atoms with Gasteiger partial charge in [-0.1, -0.05) is 41.9 Å². The van der Waals surface area contributed by atoms with E-state index in [4.69, 9.17) is 23.2 Å². The number of hydrogen-bond donors (Lipinski definition) is 2. The summed E-state index contributed by atoms with van der Waals surface area (Å²) >= 11 is 11.6. The molecule has 0 aliphatic carbocycles. The zero-order valence-corrected chi connectivity index (χ0v) is 20.4. The van der Waals surface area contributed by atoms with Crippen molar-refractivity contribution in [3.63, 3.8) is 0 Å². The number of rotatable bonds is 7. The van der Waals surface area contributed by atoms with Crippen LogP contribution in [0.5, 0.6) is 0 Å². The van der Waals surface area contributed by atoms with Crippen molar-refractivity contribution in [1.82, 2.24) is 20.0 Å². The number of hydrogen-bond acceptors (Lipinski definition) is 7. The first-order valence-electron chi connectivity index (χ1n) is 9.95. The summed E-state index contributed by atoms with van der Waals surface area (Å²) in [5, 5.41) is 19.0. The largest absolute Gasteiger partial charge is 0.299 e. The number of sulfonamides is 1. The Morgan fingerprint density at radius 1 is 1.00 bits per heavy atom. The number of halogens is 2. The van der Waals surface area contributed by atoms with Gasteiger partial charge in [-0.05, 0) is 61.0 Å². The first-order chi connectivity index (χ1) is 16.6. The molecule has 2 heterocycles. The quantitative estimate of drug-likeness (QED) is 0.312. The fourth-order valence-electron chi connectivity index (χ4n) is 2.98. The van der Waals surface area contributed by atoms with Gasteiger partial charge in [0, 0.05) is 5.02 Å². The molecule has 0 amide bonds. The van der Waals surface area contributed by atoms with Crippen molar-refractivity contribution in [2.75, 3.05) is 4.72 Å². The van der Waals surface area contributed by atoms with Crippen LogP contribution in [0.15, 0.2) is 87.2 Å². The van der Waals surface area contributed by atoms with Crippen LogP contribution in [0.2, 0.25) is 10.2 Å². The highest BCUT2D eigenvalue weighted by Gasteiger charge is 2.16. The SMILES string of the molecule is C=C(c1ccc(Cl)cc1)n1[nH]c(C)c(N=Nc2ccc(S(=O)(=O)Nc3ccc(Cl)nn3)cc2)c1=O. The van der Waals surface area contributed by atoms with Gasteiger partial charge in [0.15, 0.2) is 16.7 Å².